The SMILES string of the molecule is C=O.CCCCCCCC[N+](CCCCCCCC)(CCCCCCCC)CCCCCCCC. The van der Waals surface area contributed by atoms with E-state index in [1.807, 2.05) is 6.79 Å². The molecule has 0 aromatic carbocycles. The van der Waals surface area contributed by atoms with Gasteiger partial charge in [0.05, 0.1) is 26.2 Å². The topological polar surface area (TPSA) is 17.1 Å². The van der Waals surface area contributed by atoms with Crippen LogP contribution in [0.15, 0.2) is 0 Å². The summed E-state index contributed by atoms with van der Waals surface area (Å²) >= 11 is 0. The molecule has 2 nitrogen and oxygen atoms in total. The van der Waals surface area contributed by atoms with Gasteiger partial charge in [-0.25, -0.2) is 0 Å². The predicted octanol–water partition coefficient (Wildman–Crippen LogP) is 11.1. The van der Waals surface area contributed by atoms with Crippen LogP contribution in [0, 0.1) is 0 Å². The first-order valence-corrected chi connectivity index (χ1v) is 16.4. The number of rotatable bonds is 28. The third kappa shape index (κ3) is 26.5. The van der Waals surface area contributed by atoms with Gasteiger partial charge in [-0.1, -0.05) is 130 Å². The van der Waals surface area contributed by atoms with Gasteiger partial charge in [0, 0.05) is 0 Å². The highest BCUT2D eigenvalue weighted by Crippen LogP contribution is 2.20. The summed E-state index contributed by atoms with van der Waals surface area (Å²) in [5, 5.41) is 0. The Hall–Kier alpha value is -0.370. The third-order valence-corrected chi connectivity index (χ3v) is 7.94. The number of unbranched alkanes of at least 4 members (excludes halogenated alkanes) is 20. The summed E-state index contributed by atoms with van der Waals surface area (Å²) in [7, 11) is 0. The van der Waals surface area contributed by atoms with Gasteiger partial charge in [0.1, 0.15) is 6.79 Å². The highest BCUT2D eigenvalue weighted by Gasteiger charge is 2.25. The quantitative estimate of drug-likeness (QED) is 0.0777. The average Bonchev–Trinajstić information content (AvgIpc) is 2.88. The molecule has 0 aliphatic carbocycles. The summed E-state index contributed by atoms with van der Waals surface area (Å²) in [6.07, 6.45) is 34.8. The normalized spacial score (nSPS) is 11.4. The van der Waals surface area contributed by atoms with Crippen molar-refractivity contribution in [1.82, 2.24) is 0 Å². The van der Waals surface area contributed by atoms with Crippen molar-refractivity contribution in [2.75, 3.05) is 26.2 Å². The minimum absolute atomic E-state index is 1.37. The van der Waals surface area contributed by atoms with E-state index in [0.29, 0.717) is 0 Å². The van der Waals surface area contributed by atoms with Crippen LogP contribution in [0.4, 0.5) is 0 Å². The molecule has 35 heavy (non-hydrogen) atoms. The van der Waals surface area contributed by atoms with Crippen molar-refractivity contribution in [3.63, 3.8) is 0 Å². The molecule has 0 aliphatic rings. The molecule has 0 bridgehead atoms. The molecule has 212 valence electrons. The lowest BCUT2D eigenvalue weighted by molar-refractivity contribution is -0.929. The Morgan fingerprint density at radius 1 is 0.314 bits per heavy atom. The molecule has 0 aromatic heterocycles. The first kappa shape index (κ1) is 36.8. The molecule has 0 saturated carbocycles. The van der Waals surface area contributed by atoms with Crippen LogP contribution in [0.25, 0.3) is 0 Å². The second-order valence-electron chi connectivity index (χ2n) is 11.3. The van der Waals surface area contributed by atoms with Crippen LogP contribution in [0.3, 0.4) is 0 Å². The number of hydrogen-bond acceptors (Lipinski definition) is 1. The number of nitrogens with zero attached hydrogens (tertiary/aromatic N) is 1. The van der Waals surface area contributed by atoms with Gasteiger partial charge in [0.15, 0.2) is 0 Å². The third-order valence-electron chi connectivity index (χ3n) is 7.94. The molecular formula is C33H70NO+. The molecule has 0 spiro atoms. The summed E-state index contributed by atoms with van der Waals surface area (Å²) in [6, 6.07) is 0. The molecule has 0 aliphatic heterocycles. The zero-order valence-corrected chi connectivity index (χ0v) is 25.4. The van der Waals surface area contributed by atoms with Crippen molar-refractivity contribution in [1.29, 1.82) is 0 Å². The first-order valence-electron chi connectivity index (χ1n) is 16.4. The van der Waals surface area contributed by atoms with Gasteiger partial charge < -0.3 is 9.28 Å². The van der Waals surface area contributed by atoms with Crippen molar-refractivity contribution in [2.24, 2.45) is 0 Å². The van der Waals surface area contributed by atoms with E-state index in [9.17, 15) is 0 Å². The molecular weight excluding hydrogens is 426 g/mol. The van der Waals surface area contributed by atoms with Gasteiger partial charge in [-0.05, 0) is 51.4 Å². The molecule has 0 rings (SSSR count). The second-order valence-corrected chi connectivity index (χ2v) is 11.3. The highest BCUT2D eigenvalue weighted by atomic mass is 16.1. The van der Waals surface area contributed by atoms with Crippen LogP contribution >= 0.6 is 0 Å². The first-order chi connectivity index (χ1) is 17.2. The van der Waals surface area contributed by atoms with Crippen LogP contribution in [0.1, 0.15) is 182 Å². The Kier molecular flexibility index (Phi) is 33.3. The lowest BCUT2D eigenvalue weighted by Gasteiger charge is -2.40. The van der Waals surface area contributed by atoms with E-state index in [4.69, 9.17) is 4.79 Å². The van der Waals surface area contributed by atoms with Crippen LogP contribution in [0.5, 0.6) is 0 Å². The molecule has 0 unspecified atom stereocenters. The molecule has 0 N–H and O–H groups in total. The fraction of sp³-hybridized carbons (Fsp3) is 0.970. The number of carbonyl (C=O) groups excluding carboxylic acids is 1. The minimum Gasteiger partial charge on any atom is -0.324 e. The maximum Gasteiger partial charge on any atom is 0.106 e. The fourth-order valence-corrected chi connectivity index (χ4v) is 5.58. The standard InChI is InChI=1S/C32H68N.CH2O/c1-5-9-13-17-21-25-29-33(30-26-22-18-14-10-6-2,31-27-23-19-15-11-7-3)32-28-24-20-16-12-8-4;1-2/h5-32H2,1-4H3;1H2/q+1;. The van der Waals surface area contributed by atoms with Gasteiger partial charge in [0.25, 0.3) is 0 Å². The smallest absolute Gasteiger partial charge is 0.106 e. The maximum atomic E-state index is 8.00. The zero-order chi connectivity index (χ0) is 26.3. The molecule has 0 amide bonds. The minimum atomic E-state index is 1.37. The molecule has 0 radical (unpaired) electrons. The highest BCUT2D eigenvalue weighted by molar-refractivity contribution is 5.11. The molecule has 0 aromatic rings. The Labute approximate surface area is 224 Å². The van der Waals surface area contributed by atoms with E-state index in [2.05, 4.69) is 27.7 Å². The molecule has 0 fully saturated rings. The van der Waals surface area contributed by atoms with Crippen LogP contribution in [-0.2, 0) is 4.79 Å². The van der Waals surface area contributed by atoms with Crippen LogP contribution in [0.2, 0.25) is 0 Å². The number of carbonyl (C=O) groups is 1. The van der Waals surface area contributed by atoms with E-state index in [0.717, 1.165) is 0 Å². The average molecular weight is 497 g/mol. The van der Waals surface area contributed by atoms with Crippen LogP contribution < -0.4 is 0 Å². The maximum absolute atomic E-state index is 8.00. The van der Waals surface area contributed by atoms with E-state index in [1.54, 1.807) is 0 Å². The second kappa shape index (κ2) is 31.7. The van der Waals surface area contributed by atoms with Crippen molar-refractivity contribution in [3.8, 4) is 0 Å². The Balaban J connectivity index is 0. The molecule has 0 heterocycles. The van der Waals surface area contributed by atoms with E-state index >= 15 is 0 Å². The molecule has 0 atom stereocenters. The van der Waals surface area contributed by atoms with Gasteiger partial charge >= 0.3 is 0 Å². The van der Waals surface area contributed by atoms with Gasteiger partial charge in [-0.15, -0.1) is 0 Å². The largest absolute Gasteiger partial charge is 0.324 e. The van der Waals surface area contributed by atoms with E-state index in [-0.39, 0.29) is 0 Å². The van der Waals surface area contributed by atoms with E-state index < -0.39 is 0 Å². The van der Waals surface area contributed by atoms with E-state index in [1.165, 1.54) is 185 Å². The predicted molar refractivity (Wildman–Crippen MR) is 160 cm³/mol. The zero-order valence-electron chi connectivity index (χ0n) is 25.4. The lowest BCUT2D eigenvalue weighted by atomic mass is 10.0. The van der Waals surface area contributed by atoms with Crippen LogP contribution in [-0.4, -0.2) is 37.5 Å². The summed E-state index contributed by atoms with van der Waals surface area (Å²) in [4.78, 5) is 8.00. The van der Waals surface area contributed by atoms with Crippen molar-refractivity contribution >= 4 is 6.79 Å². The van der Waals surface area contributed by atoms with Gasteiger partial charge in [-0.3, -0.25) is 0 Å². The Morgan fingerprint density at radius 2 is 0.486 bits per heavy atom. The van der Waals surface area contributed by atoms with Crippen molar-refractivity contribution in [3.05, 3.63) is 0 Å². The molecule has 2 heteroatoms. The van der Waals surface area contributed by atoms with Gasteiger partial charge in [0.2, 0.25) is 0 Å². The fourth-order valence-electron chi connectivity index (χ4n) is 5.58. The monoisotopic (exact) mass is 497 g/mol. The van der Waals surface area contributed by atoms with Gasteiger partial charge in [-0.2, -0.15) is 0 Å². The summed E-state index contributed by atoms with van der Waals surface area (Å²) in [5.41, 5.74) is 0. The van der Waals surface area contributed by atoms with Crippen molar-refractivity contribution in [2.45, 2.75) is 182 Å². The summed E-state index contributed by atoms with van der Waals surface area (Å²) in [6.45, 7) is 17.3. The molecule has 0 saturated heterocycles. The summed E-state index contributed by atoms with van der Waals surface area (Å²) in [5.74, 6) is 0. The number of hydrogen-bond donors (Lipinski definition) is 0. The number of quaternary nitrogens is 1. The lowest BCUT2D eigenvalue weighted by Crippen LogP contribution is -2.50. The Bertz CT molecular complexity index is 301. The summed E-state index contributed by atoms with van der Waals surface area (Å²) < 4.78 is 1.48. The Morgan fingerprint density at radius 3 is 0.686 bits per heavy atom. The van der Waals surface area contributed by atoms with Crippen molar-refractivity contribution < 1.29 is 9.28 Å².